The molecule has 0 spiro atoms. The highest BCUT2D eigenvalue weighted by atomic mass is 16.5. The fraction of sp³-hybridized carbons (Fsp3) is 0.467. The molecular weight excluding hydrogens is 272 g/mol. The van der Waals surface area contributed by atoms with Crippen LogP contribution in [0.2, 0.25) is 0 Å². The molecule has 0 aromatic heterocycles. The molecule has 1 heterocycles. The van der Waals surface area contributed by atoms with Crippen molar-refractivity contribution in [2.24, 2.45) is 5.73 Å². The van der Waals surface area contributed by atoms with Crippen molar-refractivity contribution < 1.29 is 19.4 Å². The number of hydrogen-bond donors (Lipinski definition) is 2. The molecule has 1 amide bonds. The van der Waals surface area contributed by atoms with Gasteiger partial charge in [-0.25, -0.2) is 4.79 Å². The zero-order chi connectivity index (χ0) is 16.0. The summed E-state index contributed by atoms with van der Waals surface area (Å²) in [5, 5.41) is 9.47. The number of nitrogens with two attached hydrogens (primary N) is 1. The SMILES string of the molecule is CC1(C)Oc2ccc(CN)cc2N(C(C)(C)C(=O)O)C1=O. The highest BCUT2D eigenvalue weighted by Gasteiger charge is 2.49. The lowest BCUT2D eigenvalue weighted by molar-refractivity contribution is -0.146. The molecule has 21 heavy (non-hydrogen) atoms. The van der Waals surface area contributed by atoms with Crippen LogP contribution in [0.1, 0.15) is 33.3 Å². The number of carbonyl (C=O) groups is 2. The largest absolute Gasteiger partial charge is 0.480 e. The molecular formula is C15H20N2O4. The fourth-order valence-electron chi connectivity index (χ4n) is 2.30. The predicted octanol–water partition coefficient (Wildman–Crippen LogP) is 1.51. The number of fused-ring (bicyclic) bond motifs is 1. The number of benzene rings is 1. The number of ether oxygens (including phenoxy) is 1. The van der Waals surface area contributed by atoms with Gasteiger partial charge >= 0.3 is 5.97 Å². The van der Waals surface area contributed by atoms with Crippen LogP contribution in [0.15, 0.2) is 18.2 Å². The smallest absolute Gasteiger partial charge is 0.329 e. The number of nitrogens with zero attached hydrogens (tertiary/aromatic N) is 1. The normalized spacial score (nSPS) is 17.2. The van der Waals surface area contributed by atoms with E-state index in [0.717, 1.165) is 5.56 Å². The van der Waals surface area contributed by atoms with Crippen LogP contribution in [-0.4, -0.2) is 28.1 Å². The number of hydrogen-bond acceptors (Lipinski definition) is 4. The molecule has 0 fully saturated rings. The van der Waals surface area contributed by atoms with Crippen molar-refractivity contribution in [3.05, 3.63) is 23.8 Å². The predicted molar refractivity (Wildman–Crippen MR) is 78.2 cm³/mol. The van der Waals surface area contributed by atoms with E-state index in [1.807, 2.05) is 0 Å². The molecule has 0 atom stereocenters. The summed E-state index contributed by atoms with van der Waals surface area (Å²) < 4.78 is 5.71. The third kappa shape index (κ3) is 2.35. The van der Waals surface area contributed by atoms with Gasteiger partial charge in [-0.3, -0.25) is 9.69 Å². The van der Waals surface area contributed by atoms with E-state index in [-0.39, 0.29) is 0 Å². The molecule has 0 bridgehead atoms. The van der Waals surface area contributed by atoms with Crippen LogP contribution in [0.4, 0.5) is 5.69 Å². The number of carboxylic acids is 1. The van der Waals surface area contributed by atoms with Gasteiger partial charge in [0.2, 0.25) is 0 Å². The lowest BCUT2D eigenvalue weighted by Gasteiger charge is -2.44. The molecule has 1 aliphatic heterocycles. The summed E-state index contributed by atoms with van der Waals surface area (Å²) in [5.41, 5.74) is 4.36. The van der Waals surface area contributed by atoms with Crippen molar-refractivity contribution in [3.8, 4) is 5.75 Å². The van der Waals surface area contributed by atoms with Crippen LogP contribution in [0, 0.1) is 0 Å². The van der Waals surface area contributed by atoms with Crippen LogP contribution in [0.5, 0.6) is 5.75 Å². The summed E-state index contributed by atoms with van der Waals surface area (Å²) in [6.07, 6.45) is 0. The van der Waals surface area contributed by atoms with E-state index < -0.39 is 23.0 Å². The van der Waals surface area contributed by atoms with Gasteiger partial charge in [0.15, 0.2) is 5.60 Å². The number of anilines is 1. The Kier molecular flexibility index (Phi) is 3.45. The zero-order valence-electron chi connectivity index (χ0n) is 12.6. The van der Waals surface area contributed by atoms with E-state index in [1.165, 1.54) is 18.7 Å². The molecule has 0 radical (unpaired) electrons. The molecule has 0 saturated heterocycles. The highest BCUT2D eigenvalue weighted by molar-refractivity contribution is 6.07. The van der Waals surface area contributed by atoms with Crippen molar-refractivity contribution in [1.82, 2.24) is 0 Å². The molecule has 0 aliphatic carbocycles. The summed E-state index contributed by atoms with van der Waals surface area (Å²) in [6, 6.07) is 5.22. The molecule has 6 heteroatoms. The molecule has 1 aromatic rings. The van der Waals surface area contributed by atoms with Crippen molar-refractivity contribution in [3.63, 3.8) is 0 Å². The van der Waals surface area contributed by atoms with Crippen molar-refractivity contribution in [1.29, 1.82) is 0 Å². The van der Waals surface area contributed by atoms with Gasteiger partial charge in [-0.15, -0.1) is 0 Å². The third-order valence-corrected chi connectivity index (χ3v) is 3.67. The van der Waals surface area contributed by atoms with Crippen molar-refractivity contribution in [2.45, 2.75) is 45.4 Å². The molecule has 1 aromatic carbocycles. The zero-order valence-corrected chi connectivity index (χ0v) is 12.6. The number of carboxylic acid groups (broad SMARTS) is 1. The molecule has 3 N–H and O–H groups in total. The Bertz CT molecular complexity index is 608. The second-order valence-electron chi connectivity index (χ2n) is 6.12. The van der Waals surface area contributed by atoms with Gasteiger partial charge in [0, 0.05) is 6.54 Å². The van der Waals surface area contributed by atoms with Crippen LogP contribution >= 0.6 is 0 Å². The van der Waals surface area contributed by atoms with Crippen molar-refractivity contribution in [2.75, 3.05) is 4.90 Å². The van der Waals surface area contributed by atoms with E-state index in [1.54, 1.807) is 32.0 Å². The second kappa shape index (κ2) is 4.73. The Hall–Kier alpha value is -2.08. The first-order valence-electron chi connectivity index (χ1n) is 6.71. The minimum Gasteiger partial charge on any atom is -0.480 e. The molecule has 2 rings (SSSR count). The van der Waals surface area contributed by atoms with Gasteiger partial charge in [-0.2, -0.15) is 0 Å². The maximum atomic E-state index is 12.7. The first-order chi connectivity index (χ1) is 9.61. The van der Waals surface area contributed by atoms with Crippen LogP contribution in [0.25, 0.3) is 0 Å². The van der Waals surface area contributed by atoms with Crippen molar-refractivity contribution >= 4 is 17.6 Å². The quantitative estimate of drug-likeness (QED) is 0.881. The van der Waals surface area contributed by atoms with E-state index in [9.17, 15) is 14.7 Å². The number of aliphatic carboxylic acids is 1. The van der Waals surface area contributed by atoms with Gasteiger partial charge < -0.3 is 15.6 Å². The van der Waals surface area contributed by atoms with Gasteiger partial charge in [0.05, 0.1) is 5.69 Å². The summed E-state index contributed by atoms with van der Waals surface area (Å²) >= 11 is 0. The van der Waals surface area contributed by atoms with Gasteiger partial charge in [-0.1, -0.05) is 6.07 Å². The van der Waals surface area contributed by atoms with Crippen LogP contribution in [0.3, 0.4) is 0 Å². The van der Waals surface area contributed by atoms with E-state index >= 15 is 0 Å². The minimum absolute atomic E-state index is 0.298. The maximum absolute atomic E-state index is 12.7. The Morgan fingerprint density at radius 3 is 2.57 bits per heavy atom. The Labute approximate surface area is 123 Å². The molecule has 6 nitrogen and oxygen atoms in total. The Balaban J connectivity index is 2.68. The molecule has 0 saturated carbocycles. The topological polar surface area (TPSA) is 92.9 Å². The standard InChI is InChI=1S/C15H20N2O4/c1-14(2,13(19)20)17-10-7-9(8-16)5-6-11(10)21-15(3,4)12(17)18/h5-7H,8,16H2,1-4H3,(H,19,20). The van der Waals surface area contributed by atoms with Gasteiger partial charge in [-0.05, 0) is 45.4 Å². The van der Waals surface area contributed by atoms with Gasteiger partial charge in [0.25, 0.3) is 5.91 Å². The van der Waals surface area contributed by atoms with Crippen LogP contribution in [-0.2, 0) is 16.1 Å². The van der Waals surface area contributed by atoms with E-state index in [4.69, 9.17) is 10.5 Å². The fourth-order valence-corrected chi connectivity index (χ4v) is 2.30. The average molecular weight is 292 g/mol. The summed E-state index contributed by atoms with van der Waals surface area (Å²) in [7, 11) is 0. The van der Waals surface area contributed by atoms with E-state index in [0.29, 0.717) is 18.0 Å². The van der Waals surface area contributed by atoms with Crippen LogP contribution < -0.4 is 15.4 Å². The maximum Gasteiger partial charge on any atom is 0.329 e. The highest BCUT2D eigenvalue weighted by Crippen LogP contribution is 2.41. The lowest BCUT2D eigenvalue weighted by Crippen LogP contribution is -2.62. The summed E-state index contributed by atoms with van der Waals surface area (Å²) in [6.45, 7) is 6.54. The molecule has 1 aliphatic rings. The Morgan fingerprint density at radius 2 is 2.05 bits per heavy atom. The first-order valence-corrected chi connectivity index (χ1v) is 6.71. The Morgan fingerprint density at radius 1 is 1.43 bits per heavy atom. The van der Waals surface area contributed by atoms with E-state index in [2.05, 4.69) is 0 Å². The summed E-state index contributed by atoms with van der Waals surface area (Å²) in [4.78, 5) is 25.5. The first kappa shape index (κ1) is 15.3. The minimum atomic E-state index is -1.39. The molecule has 114 valence electrons. The lowest BCUT2D eigenvalue weighted by atomic mass is 9.94. The number of amides is 1. The number of rotatable bonds is 3. The van der Waals surface area contributed by atoms with Gasteiger partial charge in [0.1, 0.15) is 11.3 Å². The number of carbonyl (C=O) groups excluding carboxylic acids is 1. The third-order valence-electron chi connectivity index (χ3n) is 3.67. The second-order valence-corrected chi connectivity index (χ2v) is 6.12. The summed E-state index contributed by atoms with van der Waals surface area (Å²) in [5.74, 6) is -1.000. The molecule has 0 unspecified atom stereocenters. The average Bonchev–Trinajstić information content (AvgIpc) is 2.38. The monoisotopic (exact) mass is 292 g/mol.